The van der Waals surface area contributed by atoms with Gasteiger partial charge in [-0.2, -0.15) is 0 Å². The predicted octanol–water partition coefficient (Wildman–Crippen LogP) is 5.31. The van der Waals surface area contributed by atoms with Crippen molar-refractivity contribution < 1.29 is 13.2 Å². The largest absolute Gasteiger partial charge is 0.496 e. The summed E-state index contributed by atoms with van der Waals surface area (Å²) in [5, 5.41) is 0. The van der Waals surface area contributed by atoms with Gasteiger partial charge in [0.25, 0.3) is 10.0 Å². The summed E-state index contributed by atoms with van der Waals surface area (Å²) in [6.45, 7) is 3.74. The topological polar surface area (TPSA) is 77.3 Å². The SMILES string of the molecule is COc1cc(-c2cnc3c(n2)c(-c2ccccc2)cn3S(=O)(=O)c2ccc(C)cc2)cc2c1CCN(C)C2. The number of benzene rings is 3. The number of fused-ring (bicyclic) bond motifs is 2. The lowest BCUT2D eigenvalue weighted by Gasteiger charge is -2.27. The van der Waals surface area contributed by atoms with Gasteiger partial charge in [-0.1, -0.05) is 48.0 Å². The summed E-state index contributed by atoms with van der Waals surface area (Å²) in [5.41, 5.74) is 7.36. The molecule has 2 aromatic heterocycles. The third-order valence-corrected chi connectivity index (χ3v) is 8.79. The third-order valence-electron chi connectivity index (χ3n) is 7.13. The fourth-order valence-corrected chi connectivity index (χ4v) is 6.38. The van der Waals surface area contributed by atoms with E-state index in [1.54, 1.807) is 43.8 Å². The highest BCUT2D eigenvalue weighted by atomic mass is 32.2. The molecule has 0 unspecified atom stereocenters. The van der Waals surface area contributed by atoms with Crippen LogP contribution >= 0.6 is 0 Å². The van der Waals surface area contributed by atoms with Crippen molar-refractivity contribution in [3.8, 4) is 28.1 Å². The summed E-state index contributed by atoms with van der Waals surface area (Å²) in [5.74, 6) is 0.843. The summed E-state index contributed by atoms with van der Waals surface area (Å²) in [7, 11) is -0.0882. The normalized spacial score (nSPS) is 14.0. The van der Waals surface area contributed by atoms with Crippen molar-refractivity contribution in [3.63, 3.8) is 0 Å². The Hall–Kier alpha value is -4.01. The van der Waals surface area contributed by atoms with Crippen LogP contribution < -0.4 is 4.74 Å². The molecule has 0 aliphatic carbocycles. The maximum Gasteiger partial charge on any atom is 0.269 e. The Bertz CT molecular complexity index is 1760. The molecule has 38 heavy (non-hydrogen) atoms. The molecule has 1 aliphatic heterocycles. The fraction of sp³-hybridized carbons (Fsp3) is 0.200. The number of rotatable bonds is 5. The van der Waals surface area contributed by atoms with Crippen molar-refractivity contribution in [2.24, 2.45) is 0 Å². The number of hydrogen-bond acceptors (Lipinski definition) is 6. The second kappa shape index (κ2) is 9.38. The molecule has 3 heterocycles. The molecule has 0 bridgehead atoms. The van der Waals surface area contributed by atoms with Crippen molar-refractivity contribution in [1.82, 2.24) is 18.8 Å². The Kier molecular flexibility index (Phi) is 6.01. The summed E-state index contributed by atoms with van der Waals surface area (Å²) < 4.78 is 34.4. The van der Waals surface area contributed by atoms with Crippen LogP contribution in [0.25, 0.3) is 33.5 Å². The van der Waals surface area contributed by atoms with Crippen LogP contribution in [0.1, 0.15) is 16.7 Å². The molecule has 192 valence electrons. The van der Waals surface area contributed by atoms with E-state index in [2.05, 4.69) is 23.0 Å². The minimum atomic E-state index is -3.89. The average Bonchev–Trinajstić information content (AvgIpc) is 3.33. The molecule has 0 fully saturated rings. The van der Waals surface area contributed by atoms with Gasteiger partial charge in [-0.05, 0) is 61.3 Å². The number of methoxy groups -OCH3 is 1. The van der Waals surface area contributed by atoms with Gasteiger partial charge in [0, 0.05) is 30.4 Å². The van der Waals surface area contributed by atoms with Crippen molar-refractivity contribution >= 4 is 21.2 Å². The van der Waals surface area contributed by atoms with Gasteiger partial charge in [0.05, 0.1) is 23.9 Å². The Balaban J connectivity index is 1.56. The van der Waals surface area contributed by atoms with E-state index in [4.69, 9.17) is 9.72 Å². The minimum absolute atomic E-state index is 0.203. The van der Waals surface area contributed by atoms with Crippen LogP contribution in [-0.2, 0) is 23.0 Å². The standard InChI is InChI=1S/C30H28N4O3S/c1-20-9-11-24(12-10-20)38(35,36)34-19-26(21-7-5-4-6-8-21)29-30(34)31-17-27(32-29)22-15-23-18-33(2)14-13-25(23)28(16-22)37-3/h4-12,15-17,19H,13-14,18H2,1-3H3. The molecule has 0 radical (unpaired) electrons. The Morgan fingerprint density at radius 2 is 1.74 bits per heavy atom. The minimum Gasteiger partial charge on any atom is -0.496 e. The van der Waals surface area contributed by atoms with E-state index in [1.807, 2.05) is 43.3 Å². The summed E-state index contributed by atoms with van der Waals surface area (Å²) in [4.78, 5) is 12.1. The first-order chi connectivity index (χ1) is 18.3. The van der Waals surface area contributed by atoms with Gasteiger partial charge in [-0.25, -0.2) is 22.4 Å². The second-order valence-electron chi connectivity index (χ2n) is 9.75. The molecular weight excluding hydrogens is 496 g/mol. The van der Waals surface area contributed by atoms with E-state index in [-0.39, 0.29) is 10.5 Å². The monoisotopic (exact) mass is 524 g/mol. The van der Waals surface area contributed by atoms with E-state index >= 15 is 0 Å². The molecule has 7 nitrogen and oxygen atoms in total. The Morgan fingerprint density at radius 1 is 0.974 bits per heavy atom. The zero-order valence-electron chi connectivity index (χ0n) is 21.5. The van der Waals surface area contributed by atoms with Crippen LogP contribution in [0.4, 0.5) is 0 Å². The summed E-state index contributed by atoms with van der Waals surface area (Å²) in [6, 6.07) is 20.7. The average molecular weight is 525 g/mol. The van der Waals surface area contributed by atoms with E-state index in [0.29, 0.717) is 16.8 Å². The van der Waals surface area contributed by atoms with Crippen molar-refractivity contribution in [3.05, 3.63) is 95.8 Å². The van der Waals surface area contributed by atoms with E-state index < -0.39 is 10.0 Å². The maximum absolute atomic E-state index is 13.7. The lowest BCUT2D eigenvalue weighted by molar-refractivity contribution is 0.306. The van der Waals surface area contributed by atoms with Crippen LogP contribution in [0.15, 0.2) is 84.0 Å². The van der Waals surface area contributed by atoms with Crippen LogP contribution in [0.3, 0.4) is 0 Å². The maximum atomic E-state index is 13.7. The van der Waals surface area contributed by atoms with Gasteiger partial charge < -0.3 is 9.64 Å². The lowest BCUT2D eigenvalue weighted by atomic mass is 9.95. The predicted molar refractivity (Wildman–Crippen MR) is 149 cm³/mol. The molecule has 0 N–H and O–H groups in total. The first-order valence-corrected chi connectivity index (χ1v) is 13.9. The van der Waals surface area contributed by atoms with Crippen LogP contribution in [0.2, 0.25) is 0 Å². The molecule has 0 amide bonds. The Labute approximate surface area is 222 Å². The highest BCUT2D eigenvalue weighted by Crippen LogP contribution is 2.36. The van der Waals surface area contributed by atoms with Gasteiger partial charge in [0.2, 0.25) is 0 Å². The van der Waals surface area contributed by atoms with Crippen molar-refractivity contribution in [2.75, 3.05) is 20.7 Å². The van der Waals surface area contributed by atoms with Gasteiger partial charge in [0.15, 0.2) is 5.65 Å². The van der Waals surface area contributed by atoms with Crippen LogP contribution in [0, 0.1) is 6.92 Å². The number of hydrogen-bond donors (Lipinski definition) is 0. The molecule has 1 aliphatic rings. The van der Waals surface area contributed by atoms with Gasteiger partial charge in [-0.3, -0.25) is 0 Å². The zero-order chi connectivity index (χ0) is 26.4. The highest BCUT2D eigenvalue weighted by Gasteiger charge is 2.25. The van der Waals surface area contributed by atoms with Crippen molar-refractivity contribution in [1.29, 1.82) is 0 Å². The van der Waals surface area contributed by atoms with E-state index in [1.165, 1.54) is 15.1 Å². The molecule has 8 heteroatoms. The van der Waals surface area contributed by atoms with Gasteiger partial charge >= 0.3 is 0 Å². The van der Waals surface area contributed by atoms with E-state index in [9.17, 15) is 8.42 Å². The third kappa shape index (κ3) is 4.15. The number of aryl methyl sites for hydroxylation is 1. The number of nitrogens with zero attached hydrogens (tertiary/aromatic N) is 4. The smallest absolute Gasteiger partial charge is 0.269 e. The molecule has 6 rings (SSSR count). The first kappa shape index (κ1) is 24.3. The van der Waals surface area contributed by atoms with Gasteiger partial charge in [0.1, 0.15) is 11.3 Å². The first-order valence-electron chi connectivity index (χ1n) is 12.5. The lowest BCUT2D eigenvalue weighted by Crippen LogP contribution is -2.26. The molecule has 0 saturated heterocycles. The Morgan fingerprint density at radius 3 is 2.47 bits per heavy atom. The molecule has 3 aromatic carbocycles. The molecule has 0 atom stereocenters. The second-order valence-corrected chi connectivity index (χ2v) is 11.6. The number of likely N-dealkylation sites (N-methyl/N-ethyl adjacent to an activating group) is 1. The zero-order valence-corrected chi connectivity index (χ0v) is 22.4. The van der Waals surface area contributed by atoms with Gasteiger partial charge in [-0.15, -0.1) is 0 Å². The van der Waals surface area contributed by atoms with Crippen LogP contribution in [0.5, 0.6) is 5.75 Å². The summed E-state index contributed by atoms with van der Waals surface area (Å²) >= 11 is 0. The highest BCUT2D eigenvalue weighted by molar-refractivity contribution is 7.90. The van der Waals surface area contributed by atoms with Crippen LogP contribution in [-0.4, -0.2) is 48.0 Å². The molecular formula is C30H28N4O3S. The van der Waals surface area contributed by atoms with E-state index in [0.717, 1.165) is 42.0 Å². The fourth-order valence-electron chi connectivity index (χ4n) is 5.07. The number of ether oxygens (including phenoxy) is 1. The quantitative estimate of drug-likeness (QED) is 0.310. The molecule has 5 aromatic rings. The summed E-state index contributed by atoms with van der Waals surface area (Å²) in [6.07, 6.45) is 4.20. The molecule has 0 saturated carbocycles. The number of aromatic nitrogens is 3. The van der Waals surface area contributed by atoms with Crippen molar-refractivity contribution in [2.45, 2.75) is 24.8 Å². The molecule has 0 spiro atoms.